The number of hydrogen-bond donors (Lipinski definition) is 2. The van der Waals surface area contributed by atoms with Gasteiger partial charge in [0.1, 0.15) is 11.3 Å². The van der Waals surface area contributed by atoms with E-state index in [-0.39, 0.29) is 17.7 Å². The Morgan fingerprint density at radius 2 is 1.71 bits per heavy atom. The lowest BCUT2D eigenvalue weighted by molar-refractivity contribution is -0.362. The Labute approximate surface area is 200 Å². The predicted octanol–water partition coefficient (Wildman–Crippen LogP) is 3.40. The van der Waals surface area contributed by atoms with Gasteiger partial charge in [-0.05, 0) is 17.2 Å². The molecule has 4 N–H and O–H groups in total. The van der Waals surface area contributed by atoms with Crippen molar-refractivity contribution < 1.29 is 40.4 Å². The quantitative estimate of drug-likeness (QED) is 0.506. The molecule has 190 valence electrons. The largest absolute Gasteiger partial charge is 0.748 e. The van der Waals surface area contributed by atoms with Gasteiger partial charge in [0.2, 0.25) is 5.91 Å². The monoisotopic (exact) mass is 514 g/mol. The van der Waals surface area contributed by atoms with Gasteiger partial charge < -0.3 is 14.4 Å². The molecule has 0 spiro atoms. The van der Waals surface area contributed by atoms with Gasteiger partial charge >= 0.3 is 6.18 Å². The van der Waals surface area contributed by atoms with Crippen LogP contribution in [0.4, 0.5) is 24.8 Å². The lowest BCUT2D eigenvalue weighted by atomic mass is 9.93. The molecule has 2 heterocycles. The summed E-state index contributed by atoms with van der Waals surface area (Å²) < 4.78 is 71.6. The first-order valence-electron chi connectivity index (χ1n) is 10.1. The molecule has 0 saturated carbocycles. The van der Waals surface area contributed by atoms with E-state index in [0.717, 1.165) is 6.07 Å². The Morgan fingerprint density at radius 3 is 2.20 bits per heavy atom. The predicted molar refractivity (Wildman–Crippen MR) is 121 cm³/mol. The lowest BCUT2D eigenvalue weighted by Gasteiger charge is -2.12. The minimum atomic E-state index is -4.55. The van der Waals surface area contributed by atoms with E-state index in [0.29, 0.717) is 34.5 Å². The number of nitrogens with zero attached hydrogens (tertiary/aromatic N) is 1. The van der Waals surface area contributed by atoms with Gasteiger partial charge in [-0.25, -0.2) is 13.4 Å². The molecule has 0 aliphatic heterocycles. The van der Waals surface area contributed by atoms with Crippen LogP contribution in [0.5, 0.6) is 0 Å². The van der Waals surface area contributed by atoms with Gasteiger partial charge in [0, 0.05) is 23.3 Å². The molecule has 0 aliphatic carbocycles. The fraction of sp³-hybridized carbons (Fsp3) is 0.318. The molecule has 1 amide bonds. The number of halogens is 3. The van der Waals surface area contributed by atoms with Crippen molar-refractivity contribution in [3.63, 3.8) is 0 Å². The topological polar surface area (TPSA) is 152 Å². The highest BCUT2D eigenvalue weighted by Gasteiger charge is 2.36. The fourth-order valence-electron chi connectivity index (χ4n) is 2.78. The van der Waals surface area contributed by atoms with Gasteiger partial charge in [-0.15, -0.1) is 0 Å². The molecule has 0 unspecified atom stereocenters. The summed E-state index contributed by atoms with van der Waals surface area (Å²) in [5.74, 6) is 0.262. The number of carbonyl (C=O) groups excluding carboxylic acids is 1. The molecular formula is C22H25F3N4O5S. The Morgan fingerprint density at radius 1 is 1.14 bits per heavy atom. The number of nitrogens with one attached hydrogen (secondary N) is 2. The van der Waals surface area contributed by atoms with E-state index in [1.165, 1.54) is 6.20 Å². The summed E-state index contributed by atoms with van der Waals surface area (Å²) in [5.41, 5.74) is 5.84. The second kappa shape index (κ2) is 10.4. The first-order valence-corrected chi connectivity index (χ1v) is 11.9. The number of H-pyrrole nitrogens is 1. The number of alkyl halides is 3. The maximum Gasteiger partial charge on any atom is 0.424 e. The highest BCUT2D eigenvalue weighted by Crippen LogP contribution is 2.34. The number of rotatable bonds is 4. The summed E-state index contributed by atoms with van der Waals surface area (Å²) >= 11 is 0. The summed E-state index contributed by atoms with van der Waals surface area (Å²) in [5, 5.41) is 6.51. The first-order chi connectivity index (χ1) is 15.9. The normalized spacial score (nSPS) is 12.0. The fourth-order valence-corrected chi connectivity index (χ4v) is 2.78. The minimum absolute atomic E-state index is 0.0830. The van der Waals surface area contributed by atoms with E-state index in [1.54, 1.807) is 30.3 Å². The van der Waals surface area contributed by atoms with Crippen molar-refractivity contribution >= 4 is 27.7 Å². The maximum atomic E-state index is 13.0. The average molecular weight is 515 g/mol. The zero-order chi connectivity index (χ0) is 26.6. The molecular weight excluding hydrogens is 489 g/mol. The third-order valence-electron chi connectivity index (χ3n) is 4.45. The molecule has 0 radical (unpaired) electrons. The van der Waals surface area contributed by atoms with E-state index in [1.807, 2.05) is 20.8 Å². The van der Waals surface area contributed by atoms with Gasteiger partial charge in [-0.3, -0.25) is 10.5 Å². The van der Waals surface area contributed by atoms with Crippen molar-refractivity contribution in [3.8, 4) is 11.1 Å². The highest BCUT2D eigenvalue weighted by molar-refractivity contribution is 7.84. The molecule has 0 saturated heterocycles. The Balaban J connectivity index is 0.000000784. The summed E-state index contributed by atoms with van der Waals surface area (Å²) in [7, 11) is -3.92. The standard InChI is InChI=1S/C21H21F3N4O2.CH4O3S/c1-20(2,3)16-10-17(28-30-16)27-18(29)8-12-4-6-13(7-5-12)14-9-15(21(22,23)24)19(25)26-11-14;1-5(2,3)4/h4-7,9-11H,8H2,1-3H3,(H2,25,26)(H,27,28,29);1H3,(H,2,3,4). The van der Waals surface area contributed by atoms with Crippen LogP contribution < -0.4 is 16.0 Å². The van der Waals surface area contributed by atoms with Gasteiger partial charge in [0.05, 0.1) is 22.7 Å². The molecule has 0 aliphatic rings. The van der Waals surface area contributed by atoms with Crippen LogP contribution in [0.25, 0.3) is 11.1 Å². The van der Waals surface area contributed by atoms with Gasteiger partial charge in [0.15, 0.2) is 5.82 Å². The minimum Gasteiger partial charge on any atom is -0.748 e. The molecule has 3 rings (SSSR count). The molecule has 1 aromatic carbocycles. The summed E-state index contributed by atoms with van der Waals surface area (Å²) in [6.45, 7) is 5.91. The smallest absolute Gasteiger partial charge is 0.424 e. The summed E-state index contributed by atoms with van der Waals surface area (Å²) in [6, 6.07) is 9.33. The first kappa shape index (κ1) is 27.8. The third kappa shape index (κ3) is 9.02. The van der Waals surface area contributed by atoms with Crippen LogP contribution in [-0.4, -0.2) is 30.3 Å². The van der Waals surface area contributed by atoms with Crippen LogP contribution >= 0.6 is 0 Å². The lowest BCUT2D eigenvalue weighted by Crippen LogP contribution is -2.19. The molecule has 3 aromatic rings. The number of nitrogen functional groups attached to an aromatic ring is 1. The van der Waals surface area contributed by atoms with Crippen LogP contribution in [0.15, 0.2) is 47.1 Å². The Hall–Kier alpha value is -3.45. The van der Waals surface area contributed by atoms with Gasteiger partial charge in [-0.1, -0.05) is 50.2 Å². The van der Waals surface area contributed by atoms with Crippen molar-refractivity contribution in [3.05, 3.63) is 59.5 Å². The van der Waals surface area contributed by atoms with Crippen LogP contribution in [-0.2, 0) is 32.9 Å². The van der Waals surface area contributed by atoms with Crippen LogP contribution in [0.3, 0.4) is 0 Å². The van der Waals surface area contributed by atoms with E-state index in [2.05, 4.69) is 15.5 Å². The number of aromatic nitrogens is 2. The summed E-state index contributed by atoms with van der Waals surface area (Å²) in [6.07, 6.45) is -2.46. The number of benzene rings is 1. The van der Waals surface area contributed by atoms with Crippen molar-refractivity contribution in [2.45, 2.75) is 38.8 Å². The molecule has 13 heteroatoms. The van der Waals surface area contributed by atoms with Crippen molar-refractivity contribution in [2.75, 3.05) is 17.3 Å². The van der Waals surface area contributed by atoms with Gasteiger partial charge in [-0.2, -0.15) is 13.2 Å². The summed E-state index contributed by atoms with van der Waals surface area (Å²) in [4.78, 5) is 14.7. The van der Waals surface area contributed by atoms with Crippen molar-refractivity contribution in [2.24, 2.45) is 0 Å². The molecule has 0 bridgehead atoms. The molecule has 0 atom stereocenters. The van der Waals surface area contributed by atoms with E-state index >= 15 is 0 Å². The van der Waals surface area contributed by atoms with Crippen molar-refractivity contribution in [1.29, 1.82) is 0 Å². The number of nitrogens with two attached hydrogens (primary N) is 1. The number of aromatic amines is 1. The number of pyridine rings is 1. The molecule has 0 fully saturated rings. The zero-order valence-electron chi connectivity index (χ0n) is 19.4. The van der Waals surface area contributed by atoms with E-state index < -0.39 is 27.7 Å². The average Bonchev–Trinajstić information content (AvgIpc) is 3.16. The zero-order valence-corrected chi connectivity index (χ0v) is 20.2. The van der Waals surface area contributed by atoms with Crippen LogP contribution in [0.2, 0.25) is 0 Å². The van der Waals surface area contributed by atoms with Crippen LogP contribution in [0.1, 0.15) is 37.7 Å². The Kier molecular flexibility index (Phi) is 8.29. The third-order valence-corrected chi connectivity index (χ3v) is 4.45. The van der Waals surface area contributed by atoms with E-state index in [4.69, 9.17) is 23.2 Å². The maximum absolute atomic E-state index is 13.0. The second-order valence-electron chi connectivity index (χ2n) is 8.67. The number of hydrogen-bond acceptors (Lipinski definition) is 7. The Bertz CT molecular complexity index is 1270. The van der Waals surface area contributed by atoms with Crippen LogP contribution in [0, 0.1) is 0 Å². The van der Waals surface area contributed by atoms with Gasteiger partial charge in [0.25, 0.3) is 5.82 Å². The second-order valence-corrected chi connectivity index (χ2v) is 10.1. The van der Waals surface area contributed by atoms with E-state index in [9.17, 15) is 18.0 Å². The number of amides is 1. The molecule has 2 aromatic heterocycles. The van der Waals surface area contributed by atoms with Crippen molar-refractivity contribution in [1.82, 2.24) is 5.16 Å². The molecule has 9 nitrogen and oxygen atoms in total. The number of anilines is 2. The molecule has 35 heavy (non-hydrogen) atoms. The number of carbonyl (C=O) groups is 1. The SMILES string of the molecule is CC(C)(C)c1cc(NC(=O)Cc2ccc(-c3c[nH+]c(N)c(C(F)(F)F)c3)cc2)no1.CS(=O)(=O)[O-]. The highest BCUT2D eigenvalue weighted by atomic mass is 32.2.